The molecule has 0 saturated heterocycles. The largest absolute Gasteiger partial charge is 0.352 e. The second-order valence-electron chi connectivity index (χ2n) is 4.36. The second kappa shape index (κ2) is 5.81. The standard InChI is InChI=1S/C12H13F3N4O/c1-6-4-16-12(18-6)17-5-9(20)19-8-3-2-7(13)10(14)11(8)15/h2-3,6H,4-5H2,1H3,(H,19,20)(H2,16,17,18). The Balaban J connectivity index is 1.90. The molecular formula is C12H13F3N4O. The van der Waals surface area contributed by atoms with Crippen LogP contribution in [0, 0.1) is 17.5 Å². The number of rotatable bonds is 3. The molecule has 1 amide bonds. The molecule has 0 aromatic heterocycles. The first-order valence-corrected chi connectivity index (χ1v) is 5.95. The van der Waals surface area contributed by atoms with Gasteiger partial charge in [0.25, 0.3) is 0 Å². The lowest BCUT2D eigenvalue weighted by atomic mass is 10.2. The summed E-state index contributed by atoms with van der Waals surface area (Å²) in [5.74, 6) is -4.48. The smallest absolute Gasteiger partial charge is 0.243 e. The van der Waals surface area contributed by atoms with E-state index in [-0.39, 0.29) is 12.6 Å². The minimum absolute atomic E-state index is 0.170. The molecule has 1 aromatic carbocycles. The van der Waals surface area contributed by atoms with Crippen molar-refractivity contribution in [1.82, 2.24) is 10.6 Å². The fourth-order valence-electron chi connectivity index (χ4n) is 1.64. The fourth-order valence-corrected chi connectivity index (χ4v) is 1.64. The van der Waals surface area contributed by atoms with Crippen LogP contribution in [0.5, 0.6) is 0 Å². The van der Waals surface area contributed by atoms with Crippen LogP contribution in [0.2, 0.25) is 0 Å². The SMILES string of the molecule is CC1CN=C(NCC(=O)Nc2ccc(F)c(F)c2F)N1. The van der Waals surface area contributed by atoms with E-state index in [0.29, 0.717) is 12.5 Å². The fraction of sp³-hybridized carbons (Fsp3) is 0.333. The van der Waals surface area contributed by atoms with E-state index in [1.165, 1.54) is 0 Å². The van der Waals surface area contributed by atoms with Gasteiger partial charge in [-0.3, -0.25) is 9.79 Å². The molecule has 8 heteroatoms. The Morgan fingerprint density at radius 1 is 1.40 bits per heavy atom. The molecule has 2 rings (SSSR count). The molecule has 1 aliphatic rings. The maximum Gasteiger partial charge on any atom is 0.243 e. The van der Waals surface area contributed by atoms with Crippen molar-refractivity contribution in [3.05, 3.63) is 29.6 Å². The van der Waals surface area contributed by atoms with Crippen LogP contribution in [0.1, 0.15) is 6.92 Å². The molecular weight excluding hydrogens is 273 g/mol. The highest BCUT2D eigenvalue weighted by Crippen LogP contribution is 2.19. The zero-order valence-electron chi connectivity index (χ0n) is 10.6. The van der Waals surface area contributed by atoms with Crippen molar-refractivity contribution in [2.24, 2.45) is 4.99 Å². The van der Waals surface area contributed by atoms with Gasteiger partial charge < -0.3 is 16.0 Å². The van der Waals surface area contributed by atoms with Crippen molar-refractivity contribution in [2.75, 3.05) is 18.4 Å². The van der Waals surface area contributed by atoms with Crippen LogP contribution < -0.4 is 16.0 Å². The number of amides is 1. The number of carbonyl (C=O) groups is 1. The number of benzene rings is 1. The molecule has 0 radical (unpaired) electrons. The highest BCUT2D eigenvalue weighted by atomic mass is 19.2. The molecule has 0 bridgehead atoms. The summed E-state index contributed by atoms with van der Waals surface area (Å²) in [5, 5.41) is 7.84. The predicted octanol–water partition coefficient (Wildman–Crippen LogP) is 0.980. The van der Waals surface area contributed by atoms with E-state index >= 15 is 0 Å². The number of aliphatic imine (C=N–C) groups is 1. The second-order valence-corrected chi connectivity index (χ2v) is 4.36. The van der Waals surface area contributed by atoms with E-state index in [9.17, 15) is 18.0 Å². The lowest BCUT2D eigenvalue weighted by molar-refractivity contribution is -0.115. The Bertz CT molecular complexity index is 562. The van der Waals surface area contributed by atoms with Crippen molar-refractivity contribution in [2.45, 2.75) is 13.0 Å². The minimum Gasteiger partial charge on any atom is -0.352 e. The maximum atomic E-state index is 13.3. The molecule has 1 heterocycles. The van der Waals surface area contributed by atoms with Crippen molar-refractivity contribution >= 4 is 17.6 Å². The van der Waals surface area contributed by atoms with Gasteiger partial charge in [-0.05, 0) is 19.1 Å². The summed E-state index contributed by atoms with van der Waals surface area (Å²) < 4.78 is 39.0. The third-order valence-electron chi connectivity index (χ3n) is 2.63. The first-order valence-electron chi connectivity index (χ1n) is 5.95. The molecule has 0 saturated carbocycles. The van der Waals surface area contributed by atoms with E-state index < -0.39 is 29.0 Å². The van der Waals surface area contributed by atoms with Crippen LogP contribution in [0.15, 0.2) is 17.1 Å². The van der Waals surface area contributed by atoms with E-state index in [1.807, 2.05) is 6.92 Å². The Morgan fingerprint density at radius 2 is 2.15 bits per heavy atom. The summed E-state index contributed by atoms with van der Waals surface area (Å²) in [6.07, 6.45) is 0. The summed E-state index contributed by atoms with van der Waals surface area (Å²) in [7, 11) is 0. The zero-order valence-corrected chi connectivity index (χ0v) is 10.6. The predicted molar refractivity (Wildman–Crippen MR) is 67.8 cm³/mol. The molecule has 20 heavy (non-hydrogen) atoms. The van der Waals surface area contributed by atoms with Gasteiger partial charge in [0.05, 0.1) is 18.8 Å². The highest BCUT2D eigenvalue weighted by Gasteiger charge is 2.16. The Morgan fingerprint density at radius 3 is 2.80 bits per heavy atom. The van der Waals surface area contributed by atoms with Gasteiger partial charge >= 0.3 is 0 Å². The van der Waals surface area contributed by atoms with E-state index in [0.717, 1.165) is 12.1 Å². The lowest BCUT2D eigenvalue weighted by Gasteiger charge is -2.10. The molecule has 108 valence electrons. The molecule has 3 N–H and O–H groups in total. The number of nitrogens with one attached hydrogen (secondary N) is 3. The number of anilines is 1. The monoisotopic (exact) mass is 286 g/mol. The van der Waals surface area contributed by atoms with E-state index in [4.69, 9.17) is 0 Å². The normalized spacial score (nSPS) is 17.4. The molecule has 0 aliphatic carbocycles. The Labute approximate surface area is 113 Å². The van der Waals surface area contributed by atoms with Gasteiger partial charge in [-0.2, -0.15) is 0 Å². The van der Waals surface area contributed by atoms with Gasteiger partial charge in [0.2, 0.25) is 5.91 Å². The van der Waals surface area contributed by atoms with Gasteiger partial charge in [-0.1, -0.05) is 0 Å². The molecule has 5 nitrogen and oxygen atoms in total. The lowest BCUT2D eigenvalue weighted by Crippen LogP contribution is -2.41. The summed E-state index contributed by atoms with van der Waals surface area (Å²) >= 11 is 0. The van der Waals surface area contributed by atoms with Crippen molar-refractivity contribution in [1.29, 1.82) is 0 Å². The average molecular weight is 286 g/mol. The summed E-state index contributed by atoms with van der Waals surface area (Å²) in [4.78, 5) is 15.6. The summed E-state index contributed by atoms with van der Waals surface area (Å²) in [6.45, 7) is 2.35. The minimum atomic E-state index is -1.62. The highest BCUT2D eigenvalue weighted by molar-refractivity contribution is 5.95. The van der Waals surface area contributed by atoms with E-state index in [1.54, 1.807) is 0 Å². The molecule has 1 unspecified atom stereocenters. The van der Waals surface area contributed by atoms with Crippen LogP contribution in [0.3, 0.4) is 0 Å². The average Bonchev–Trinajstić information content (AvgIpc) is 2.83. The van der Waals surface area contributed by atoms with Crippen LogP contribution >= 0.6 is 0 Å². The Kier molecular flexibility index (Phi) is 4.11. The first-order chi connectivity index (χ1) is 9.47. The number of guanidine groups is 1. The van der Waals surface area contributed by atoms with E-state index in [2.05, 4.69) is 20.9 Å². The van der Waals surface area contributed by atoms with Crippen LogP contribution in [-0.4, -0.2) is 31.0 Å². The third kappa shape index (κ3) is 3.19. The number of hydrogen-bond acceptors (Lipinski definition) is 4. The van der Waals surface area contributed by atoms with Crippen molar-refractivity contribution in [3.8, 4) is 0 Å². The quantitative estimate of drug-likeness (QED) is 0.726. The van der Waals surface area contributed by atoms with Crippen LogP contribution in [0.4, 0.5) is 18.9 Å². The first kappa shape index (κ1) is 14.2. The molecule has 0 spiro atoms. The molecule has 1 aromatic rings. The number of hydrogen-bond donors (Lipinski definition) is 3. The summed E-state index contributed by atoms with van der Waals surface area (Å²) in [5.41, 5.74) is -0.412. The van der Waals surface area contributed by atoms with Crippen molar-refractivity contribution in [3.63, 3.8) is 0 Å². The number of carbonyl (C=O) groups excluding carboxylic acids is 1. The zero-order chi connectivity index (χ0) is 14.7. The molecule has 0 fully saturated rings. The maximum absolute atomic E-state index is 13.3. The van der Waals surface area contributed by atoms with Gasteiger partial charge in [-0.25, -0.2) is 13.2 Å². The molecule has 1 atom stereocenters. The number of nitrogens with zero attached hydrogens (tertiary/aromatic N) is 1. The van der Waals surface area contributed by atoms with Gasteiger partial charge in [-0.15, -0.1) is 0 Å². The topological polar surface area (TPSA) is 65.5 Å². The van der Waals surface area contributed by atoms with Crippen molar-refractivity contribution < 1.29 is 18.0 Å². The van der Waals surface area contributed by atoms with Gasteiger partial charge in [0.15, 0.2) is 23.4 Å². The van der Waals surface area contributed by atoms with Gasteiger partial charge in [0.1, 0.15) is 0 Å². The number of halogens is 3. The Hall–Kier alpha value is -2.25. The third-order valence-corrected chi connectivity index (χ3v) is 2.63. The summed E-state index contributed by atoms with van der Waals surface area (Å²) in [6, 6.07) is 1.88. The van der Waals surface area contributed by atoms with Crippen LogP contribution in [-0.2, 0) is 4.79 Å². The van der Waals surface area contributed by atoms with Crippen LogP contribution in [0.25, 0.3) is 0 Å². The molecule has 1 aliphatic heterocycles. The van der Waals surface area contributed by atoms with Gasteiger partial charge in [0, 0.05) is 6.04 Å².